The maximum atomic E-state index is 12.8. The van der Waals surface area contributed by atoms with Gasteiger partial charge in [-0.15, -0.1) is 0 Å². The van der Waals surface area contributed by atoms with E-state index in [1.54, 1.807) is 0 Å². The number of rotatable bonds is 1. The molecule has 1 aromatic heterocycles. The molecule has 0 amide bonds. The summed E-state index contributed by atoms with van der Waals surface area (Å²) in [6.07, 6.45) is -1.97. The van der Waals surface area contributed by atoms with Crippen molar-refractivity contribution in [3.63, 3.8) is 0 Å². The first-order chi connectivity index (χ1) is 5.54. The smallest absolute Gasteiger partial charge is 0.245 e. The number of halogens is 5. The normalized spacial score (nSPS) is 10.8. The molecule has 0 aromatic carbocycles. The summed E-state index contributed by atoms with van der Waals surface area (Å²) in [5, 5.41) is -0.370. The third-order valence-corrected chi connectivity index (χ3v) is 2.04. The summed E-state index contributed by atoms with van der Waals surface area (Å²) in [6.45, 7) is 0. The number of nitrogens with zero attached hydrogens (tertiary/aromatic N) is 1. The van der Waals surface area contributed by atoms with E-state index in [0.29, 0.717) is 0 Å². The lowest BCUT2D eigenvalue weighted by molar-refractivity contribution is 0.146. The minimum Gasteiger partial charge on any atom is -0.245 e. The molecule has 12 heavy (non-hydrogen) atoms. The van der Waals surface area contributed by atoms with Gasteiger partial charge in [-0.1, -0.05) is 11.6 Å². The lowest BCUT2D eigenvalue weighted by Crippen LogP contribution is -1.95. The first-order valence-corrected chi connectivity index (χ1v) is 3.98. The highest BCUT2D eigenvalue weighted by Gasteiger charge is 2.20. The van der Waals surface area contributed by atoms with Crippen LogP contribution in [0.4, 0.5) is 13.2 Å². The van der Waals surface area contributed by atoms with Gasteiger partial charge < -0.3 is 0 Å². The van der Waals surface area contributed by atoms with Crippen molar-refractivity contribution in [3.8, 4) is 0 Å². The van der Waals surface area contributed by atoms with Crippen molar-refractivity contribution in [2.45, 2.75) is 6.43 Å². The molecule has 0 unspecified atom stereocenters. The third-order valence-electron chi connectivity index (χ3n) is 1.18. The molecule has 0 spiro atoms. The van der Waals surface area contributed by atoms with Gasteiger partial charge in [0.05, 0.1) is 10.6 Å². The topological polar surface area (TPSA) is 12.9 Å². The van der Waals surface area contributed by atoms with E-state index in [1.807, 2.05) is 0 Å². The zero-order chi connectivity index (χ0) is 9.30. The van der Waals surface area contributed by atoms with Crippen LogP contribution in [0.3, 0.4) is 0 Å². The molecule has 1 nitrogen and oxygen atoms in total. The standard InChI is InChI=1S/C6H2BrClF3N/c7-5-4(9)3(6(10)11)2(8)1-12-5/h1,6H. The molecule has 0 aliphatic heterocycles. The average Bonchev–Trinajstić information content (AvgIpc) is 1.97. The molecule has 1 heterocycles. The maximum absolute atomic E-state index is 12.8. The number of aromatic nitrogens is 1. The minimum absolute atomic E-state index is 0.262. The second-order valence-electron chi connectivity index (χ2n) is 1.93. The van der Waals surface area contributed by atoms with E-state index in [1.165, 1.54) is 0 Å². The molecule has 0 aliphatic carbocycles. The van der Waals surface area contributed by atoms with Gasteiger partial charge in [-0.2, -0.15) is 0 Å². The lowest BCUT2D eigenvalue weighted by Gasteiger charge is -2.04. The van der Waals surface area contributed by atoms with Crippen LogP contribution in [0.15, 0.2) is 10.8 Å². The van der Waals surface area contributed by atoms with E-state index >= 15 is 0 Å². The Hall–Kier alpha value is -0.290. The van der Waals surface area contributed by atoms with E-state index in [0.717, 1.165) is 6.20 Å². The van der Waals surface area contributed by atoms with Crippen LogP contribution in [0.25, 0.3) is 0 Å². The fourth-order valence-corrected chi connectivity index (χ4v) is 1.19. The highest BCUT2D eigenvalue weighted by atomic mass is 79.9. The van der Waals surface area contributed by atoms with Crippen molar-refractivity contribution in [2.24, 2.45) is 0 Å². The summed E-state index contributed by atoms with van der Waals surface area (Å²) >= 11 is 7.96. The van der Waals surface area contributed by atoms with Gasteiger partial charge in [0.15, 0.2) is 5.82 Å². The van der Waals surface area contributed by atoms with Crippen molar-refractivity contribution in [3.05, 3.63) is 27.2 Å². The zero-order valence-electron chi connectivity index (χ0n) is 5.49. The zero-order valence-corrected chi connectivity index (χ0v) is 7.83. The number of hydrogen-bond donors (Lipinski definition) is 0. The number of pyridine rings is 1. The van der Waals surface area contributed by atoms with Gasteiger partial charge >= 0.3 is 0 Å². The molecule has 1 aromatic rings. The molecule has 0 radical (unpaired) electrons. The summed E-state index contributed by atoms with van der Waals surface area (Å²) in [6, 6.07) is 0. The summed E-state index contributed by atoms with van der Waals surface area (Å²) in [5.74, 6) is -1.11. The van der Waals surface area contributed by atoms with Gasteiger partial charge in [0.2, 0.25) is 0 Å². The monoisotopic (exact) mass is 259 g/mol. The average molecular weight is 260 g/mol. The second-order valence-corrected chi connectivity index (χ2v) is 3.08. The quantitative estimate of drug-likeness (QED) is 0.703. The van der Waals surface area contributed by atoms with E-state index in [2.05, 4.69) is 20.9 Å². The Kier molecular flexibility index (Phi) is 2.95. The predicted molar refractivity (Wildman–Crippen MR) is 41.9 cm³/mol. The van der Waals surface area contributed by atoms with Crippen LogP contribution in [0.2, 0.25) is 5.02 Å². The summed E-state index contributed by atoms with van der Waals surface area (Å²) < 4.78 is 36.8. The van der Waals surface area contributed by atoms with E-state index in [-0.39, 0.29) is 9.63 Å². The molecule has 0 aliphatic rings. The van der Waals surface area contributed by atoms with E-state index in [9.17, 15) is 13.2 Å². The van der Waals surface area contributed by atoms with Gasteiger partial charge in [-0.3, -0.25) is 0 Å². The molecule has 0 N–H and O–H groups in total. The summed E-state index contributed by atoms with van der Waals surface area (Å²) in [5.41, 5.74) is -0.821. The Morgan fingerprint density at radius 3 is 2.50 bits per heavy atom. The molecular formula is C6H2BrClF3N. The van der Waals surface area contributed by atoms with Crippen molar-refractivity contribution in [2.75, 3.05) is 0 Å². The van der Waals surface area contributed by atoms with Crippen molar-refractivity contribution >= 4 is 27.5 Å². The Balaban J connectivity index is 3.33. The lowest BCUT2D eigenvalue weighted by atomic mass is 10.3. The molecule has 6 heteroatoms. The first-order valence-electron chi connectivity index (χ1n) is 2.81. The van der Waals surface area contributed by atoms with Crippen LogP contribution in [-0.4, -0.2) is 4.98 Å². The van der Waals surface area contributed by atoms with Crippen LogP contribution >= 0.6 is 27.5 Å². The van der Waals surface area contributed by atoms with Crippen molar-refractivity contribution in [1.29, 1.82) is 0 Å². The Bertz CT molecular complexity index is 305. The molecule has 1 rings (SSSR count). The maximum Gasteiger partial charge on any atom is 0.268 e. The Morgan fingerprint density at radius 2 is 2.08 bits per heavy atom. The van der Waals surface area contributed by atoms with Crippen LogP contribution in [0, 0.1) is 5.82 Å². The first kappa shape index (κ1) is 9.80. The summed E-state index contributed by atoms with van der Waals surface area (Å²) in [4.78, 5) is 3.40. The number of hydrogen-bond acceptors (Lipinski definition) is 1. The fourth-order valence-electron chi connectivity index (χ4n) is 0.656. The van der Waals surface area contributed by atoms with Crippen LogP contribution in [0.5, 0.6) is 0 Å². The van der Waals surface area contributed by atoms with Crippen LogP contribution in [0.1, 0.15) is 12.0 Å². The summed E-state index contributed by atoms with van der Waals surface area (Å²) in [7, 11) is 0. The van der Waals surface area contributed by atoms with Crippen molar-refractivity contribution < 1.29 is 13.2 Å². The molecule has 0 fully saturated rings. The molecule has 66 valence electrons. The van der Waals surface area contributed by atoms with Crippen LogP contribution in [-0.2, 0) is 0 Å². The van der Waals surface area contributed by atoms with E-state index in [4.69, 9.17) is 11.6 Å². The highest BCUT2D eigenvalue weighted by molar-refractivity contribution is 9.10. The van der Waals surface area contributed by atoms with Crippen LogP contribution < -0.4 is 0 Å². The minimum atomic E-state index is -2.93. The molecule has 0 saturated carbocycles. The van der Waals surface area contributed by atoms with Gasteiger partial charge in [0.25, 0.3) is 6.43 Å². The number of alkyl halides is 2. The van der Waals surface area contributed by atoms with Gasteiger partial charge in [0.1, 0.15) is 4.60 Å². The predicted octanol–water partition coefficient (Wildman–Crippen LogP) is 3.57. The molecule has 0 bridgehead atoms. The van der Waals surface area contributed by atoms with E-state index < -0.39 is 17.8 Å². The highest BCUT2D eigenvalue weighted by Crippen LogP contribution is 2.31. The van der Waals surface area contributed by atoms with Crippen molar-refractivity contribution in [1.82, 2.24) is 4.98 Å². The Labute approximate surface area is 79.7 Å². The van der Waals surface area contributed by atoms with Gasteiger partial charge in [-0.05, 0) is 15.9 Å². The Morgan fingerprint density at radius 1 is 1.50 bits per heavy atom. The van der Waals surface area contributed by atoms with Gasteiger partial charge in [-0.25, -0.2) is 18.2 Å². The van der Waals surface area contributed by atoms with Gasteiger partial charge in [0, 0.05) is 6.20 Å². The largest absolute Gasteiger partial charge is 0.268 e. The SMILES string of the molecule is Fc1c(Br)ncc(Cl)c1C(F)F. The second kappa shape index (κ2) is 3.62. The molecule has 0 saturated heterocycles. The third kappa shape index (κ3) is 1.72. The molecular weight excluding hydrogens is 258 g/mol. The molecule has 0 atom stereocenters. The fraction of sp³-hybridized carbons (Fsp3) is 0.167.